The SMILES string of the molecule is O=C(O)CC1(NC(=O)COc2ccccc2C(F)(F)F)CCOCC1. The van der Waals surface area contributed by atoms with E-state index in [4.69, 9.17) is 14.6 Å². The predicted octanol–water partition coefficient (Wildman–Crippen LogP) is 2.22. The lowest BCUT2D eigenvalue weighted by Crippen LogP contribution is -2.54. The molecule has 0 aromatic heterocycles. The van der Waals surface area contributed by atoms with Crippen molar-refractivity contribution in [2.24, 2.45) is 0 Å². The number of para-hydroxylation sites is 1. The molecule has 0 saturated carbocycles. The monoisotopic (exact) mass is 361 g/mol. The largest absolute Gasteiger partial charge is 0.483 e. The van der Waals surface area contributed by atoms with Crippen LogP contribution >= 0.6 is 0 Å². The summed E-state index contributed by atoms with van der Waals surface area (Å²) in [4.78, 5) is 23.1. The van der Waals surface area contributed by atoms with Crippen molar-refractivity contribution in [3.05, 3.63) is 29.8 Å². The van der Waals surface area contributed by atoms with Crippen LogP contribution in [0.2, 0.25) is 0 Å². The maximum Gasteiger partial charge on any atom is 0.419 e. The minimum atomic E-state index is -4.60. The van der Waals surface area contributed by atoms with Crippen LogP contribution in [0.25, 0.3) is 0 Å². The number of ether oxygens (including phenoxy) is 2. The number of nitrogens with one attached hydrogen (secondary N) is 1. The van der Waals surface area contributed by atoms with Crippen LogP contribution in [0, 0.1) is 0 Å². The number of halogens is 3. The van der Waals surface area contributed by atoms with Gasteiger partial charge in [-0.2, -0.15) is 13.2 Å². The lowest BCUT2D eigenvalue weighted by molar-refractivity contribution is -0.142. The van der Waals surface area contributed by atoms with E-state index in [0.29, 0.717) is 26.1 Å². The van der Waals surface area contributed by atoms with Gasteiger partial charge in [-0.3, -0.25) is 9.59 Å². The van der Waals surface area contributed by atoms with Gasteiger partial charge < -0.3 is 19.9 Å². The summed E-state index contributed by atoms with van der Waals surface area (Å²) >= 11 is 0. The third kappa shape index (κ3) is 5.35. The van der Waals surface area contributed by atoms with Crippen molar-refractivity contribution in [1.82, 2.24) is 5.32 Å². The van der Waals surface area contributed by atoms with Crippen LogP contribution in [-0.4, -0.2) is 42.3 Å². The van der Waals surface area contributed by atoms with Crippen LogP contribution in [0.3, 0.4) is 0 Å². The van der Waals surface area contributed by atoms with Crippen molar-refractivity contribution in [3.63, 3.8) is 0 Å². The van der Waals surface area contributed by atoms with Gasteiger partial charge in [-0.15, -0.1) is 0 Å². The summed E-state index contributed by atoms with van der Waals surface area (Å²) in [5, 5.41) is 11.6. The summed E-state index contributed by atoms with van der Waals surface area (Å²) in [6.07, 6.45) is -4.27. The summed E-state index contributed by atoms with van der Waals surface area (Å²) in [7, 11) is 0. The van der Waals surface area contributed by atoms with E-state index in [1.165, 1.54) is 12.1 Å². The minimum absolute atomic E-state index is 0.290. The molecule has 2 rings (SSSR count). The number of carbonyl (C=O) groups excluding carboxylic acids is 1. The average Bonchev–Trinajstić information content (AvgIpc) is 2.52. The Hall–Kier alpha value is -2.29. The minimum Gasteiger partial charge on any atom is -0.483 e. The van der Waals surface area contributed by atoms with Crippen molar-refractivity contribution in [3.8, 4) is 5.75 Å². The van der Waals surface area contributed by atoms with Gasteiger partial charge in [0.05, 0.1) is 17.5 Å². The van der Waals surface area contributed by atoms with E-state index in [9.17, 15) is 22.8 Å². The molecule has 0 spiro atoms. The Kier molecular flexibility index (Phi) is 5.89. The smallest absolute Gasteiger partial charge is 0.419 e. The third-order valence-corrected chi connectivity index (χ3v) is 3.90. The van der Waals surface area contributed by atoms with Gasteiger partial charge in [0.25, 0.3) is 5.91 Å². The predicted molar refractivity (Wildman–Crippen MR) is 80.1 cm³/mol. The average molecular weight is 361 g/mol. The molecule has 0 unspecified atom stereocenters. The maximum atomic E-state index is 12.9. The maximum absolute atomic E-state index is 12.9. The van der Waals surface area contributed by atoms with Gasteiger partial charge in [-0.05, 0) is 25.0 Å². The van der Waals surface area contributed by atoms with E-state index in [-0.39, 0.29) is 6.42 Å². The molecule has 6 nitrogen and oxygen atoms in total. The molecular formula is C16H18F3NO5. The lowest BCUT2D eigenvalue weighted by Gasteiger charge is -2.36. The van der Waals surface area contributed by atoms with Crippen molar-refractivity contribution in [1.29, 1.82) is 0 Å². The van der Waals surface area contributed by atoms with Gasteiger partial charge in [0, 0.05) is 13.2 Å². The van der Waals surface area contributed by atoms with E-state index in [1.807, 2.05) is 0 Å². The van der Waals surface area contributed by atoms with Gasteiger partial charge in [0.15, 0.2) is 6.61 Å². The van der Waals surface area contributed by atoms with Crippen molar-refractivity contribution >= 4 is 11.9 Å². The molecule has 0 aliphatic carbocycles. The van der Waals surface area contributed by atoms with Gasteiger partial charge in [-0.1, -0.05) is 12.1 Å². The van der Waals surface area contributed by atoms with E-state index >= 15 is 0 Å². The van der Waals surface area contributed by atoms with Gasteiger partial charge >= 0.3 is 12.1 Å². The molecule has 0 atom stereocenters. The highest BCUT2D eigenvalue weighted by atomic mass is 19.4. The molecule has 0 bridgehead atoms. The van der Waals surface area contributed by atoms with Gasteiger partial charge in [0.2, 0.25) is 0 Å². The summed E-state index contributed by atoms with van der Waals surface area (Å²) in [5.41, 5.74) is -1.96. The van der Waals surface area contributed by atoms with Crippen LogP contribution in [0.1, 0.15) is 24.8 Å². The fourth-order valence-corrected chi connectivity index (χ4v) is 2.70. The number of amides is 1. The zero-order valence-corrected chi connectivity index (χ0v) is 13.3. The van der Waals surface area contributed by atoms with Crippen LogP contribution in [0.4, 0.5) is 13.2 Å². The van der Waals surface area contributed by atoms with Crippen molar-refractivity contribution in [2.75, 3.05) is 19.8 Å². The molecule has 0 radical (unpaired) electrons. The Morgan fingerprint density at radius 2 is 1.88 bits per heavy atom. The highest BCUT2D eigenvalue weighted by Gasteiger charge is 2.37. The van der Waals surface area contributed by atoms with E-state index in [1.54, 1.807) is 0 Å². The molecule has 1 aromatic carbocycles. The van der Waals surface area contributed by atoms with Crippen molar-refractivity contribution in [2.45, 2.75) is 31.0 Å². The third-order valence-electron chi connectivity index (χ3n) is 3.90. The molecule has 1 amide bonds. The Bertz CT molecular complexity index is 626. The number of aliphatic carboxylic acids is 1. The lowest BCUT2D eigenvalue weighted by atomic mass is 9.86. The summed E-state index contributed by atoms with van der Waals surface area (Å²) in [6.45, 7) is -0.0496. The highest BCUT2D eigenvalue weighted by Crippen LogP contribution is 2.35. The molecule has 1 fully saturated rings. The fraction of sp³-hybridized carbons (Fsp3) is 0.500. The molecule has 2 N–H and O–H groups in total. The zero-order valence-electron chi connectivity index (χ0n) is 13.3. The quantitative estimate of drug-likeness (QED) is 0.812. The Morgan fingerprint density at radius 1 is 1.24 bits per heavy atom. The fourth-order valence-electron chi connectivity index (χ4n) is 2.70. The first-order valence-electron chi connectivity index (χ1n) is 7.61. The molecule has 1 aromatic rings. The number of hydrogen-bond acceptors (Lipinski definition) is 4. The molecule has 1 saturated heterocycles. The highest BCUT2D eigenvalue weighted by molar-refractivity contribution is 5.79. The Labute approximate surface area is 141 Å². The molecule has 138 valence electrons. The number of carbonyl (C=O) groups is 2. The first kappa shape index (κ1) is 19.0. The molecule has 9 heteroatoms. The van der Waals surface area contributed by atoms with E-state index in [0.717, 1.165) is 12.1 Å². The number of benzene rings is 1. The molecular weight excluding hydrogens is 343 g/mol. The van der Waals surface area contributed by atoms with Crippen molar-refractivity contribution < 1.29 is 37.3 Å². The second-order valence-corrected chi connectivity index (χ2v) is 5.79. The van der Waals surface area contributed by atoms with Crippen LogP contribution < -0.4 is 10.1 Å². The first-order valence-corrected chi connectivity index (χ1v) is 7.61. The number of alkyl halides is 3. The topological polar surface area (TPSA) is 84.9 Å². The molecule has 1 aliphatic rings. The van der Waals surface area contributed by atoms with E-state index in [2.05, 4.69) is 5.32 Å². The Balaban J connectivity index is 2.01. The number of carboxylic acid groups (broad SMARTS) is 1. The normalized spacial score (nSPS) is 16.9. The second-order valence-electron chi connectivity index (χ2n) is 5.79. The molecule has 25 heavy (non-hydrogen) atoms. The second kappa shape index (κ2) is 7.73. The summed E-state index contributed by atoms with van der Waals surface area (Å²) in [6, 6.07) is 4.57. The number of hydrogen-bond donors (Lipinski definition) is 2. The van der Waals surface area contributed by atoms with Crippen LogP contribution in [0.5, 0.6) is 5.75 Å². The molecule has 1 heterocycles. The standard InChI is InChI=1S/C16H18F3NO5/c17-16(18,19)11-3-1-2-4-12(11)25-10-13(21)20-15(9-14(22)23)5-7-24-8-6-15/h1-4H,5-10H2,(H,20,21)(H,22,23). The van der Waals surface area contributed by atoms with Gasteiger partial charge in [0.1, 0.15) is 5.75 Å². The summed E-state index contributed by atoms with van der Waals surface area (Å²) < 4.78 is 48.8. The summed E-state index contributed by atoms with van der Waals surface area (Å²) in [5.74, 6) is -2.21. The first-order chi connectivity index (χ1) is 11.7. The zero-order chi connectivity index (χ0) is 18.5. The van der Waals surface area contributed by atoms with Crippen LogP contribution in [-0.2, 0) is 20.5 Å². The Morgan fingerprint density at radius 3 is 2.48 bits per heavy atom. The molecule has 1 aliphatic heterocycles. The van der Waals surface area contributed by atoms with Gasteiger partial charge in [-0.25, -0.2) is 0 Å². The van der Waals surface area contributed by atoms with Crippen LogP contribution in [0.15, 0.2) is 24.3 Å². The number of carboxylic acids is 1. The van der Waals surface area contributed by atoms with E-state index < -0.39 is 41.5 Å². The number of rotatable bonds is 6.